The molecule has 1 amide bonds. The fourth-order valence-electron chi connectivity index (χ4n) is 1.66. The molecule has 0 aliphatic carbocycles. The zero-order valence-corrected chi connectivity index (χ0v) is 13.0. The Bertz CT molecular complexity index is 538. The molecular formula is C14H22N2O3S. The molecule has 1 rings (SSSR count). The molecule has 1 atom stereocenters. The van der Waals surface area contributed by atoms with Crippen LogP contribution in [0, 0.1) is 0 Å². The summed E-state index contributed by atoms with van der Waals surface area (Å²) in [7, 11) is -2.02. The third-order valence-electron chi connectivity index (χ3n) is 3.16. The van der Waals surface area contributed by atoms with Gasteiger partial charge in [0.1, 0.15) is 0 Å². The van der Waals surface area contributed by atoms with Crippen LogP contribution in [-0.2, 0) is 21.2 Å². The first-order valence-corrected chi connectivity index (χ1v) is 8.19. The van der Waals surface area contributed by atoms with E-state index in [-0.39, 0.29) is 16.8 Å². The van der Waals surface area contributed by atoms with Crippen LogP contribution in [-0.4, -0.2) is 27.4 Å². The van der Waals surface area contributed by atoms with Gasteiger partial charge in [-0.25, -0.2) is 13.1 Å². The summed E-state index contributed by atoms with van der Waals surface area (Å²) < 4.78 is 25.4. The highest BCUT2D eigenvalue weighted by atomic mass is 32.2. The Morgan fingerprint density at radius 3 is 2.35 bits per heavy atom. The molecule has 112 valence electrons. The summed E-state index contributed by atoms with van der Waals surface area (Å²) in [4.78, 5) is 11.9. The maximum absolute atomic E-state index is 11.6. The highest BCUT2D eigenvalue weighted by molar-refractivity contribution is 7.89. The van der Waals surface area contributed by atoms with Crippen molar-refractivity contribution in [1.82, 2.24) is 10.0 Å². The highest BCUT2D eigenvalue weighted by Crippen LogP contribution is 2.11. The van der Waals surface area contributed by atoms with Gasteiger partial charge in [0.2, 0.25) is 15.9 Å². The second kappa shape index (κ2) is 7.40. The molecule has 0 heterocycles. The van der Waals surface area contributed by atoms with Crippen LogP contribution in [0.25, 0.3) is 0 Å². The molecule has 0 fully saturated rings. The number of rotatable bonds is 7. The molecule has 20 heavy (non-hydrogen) atoms. The van der Waals surface area contributed by atoms with Gasteiger partial charge in [0, 0.05) is 12.5 Å². The summed E-state index contributed by atoms with van der Waals surface area (Å²) in [5, 5.41) is 2.90. The largest absolute Gasteiger partial charge is 0.354 e. The molecule has 0 aromatic heterocycles. The molecule has 5 nitrogen and oxygen atoms in total. The van der Waals surface area contributed by atoms with Crippen LogP contribution < -0.4 is 10.0 Å². The maximum Gasteiger partial charge on any atom is 0.240 e. The van der Waals surface area contributed by atoms with E-state index in [9.17, 15) is 13.2 Å². The first-order valence-electron chi connectivity index (χ1n) is 6.71. The van der Waals surface area contributed by atoms with Gasteiger partial charge >= 0.3 is 0 Å². The Kier molecular flexibility index (Phi) is 6.16. The van der Waals surface area contributed by atoms with Crippen molar-refractivity contribution >= 4 is 15.9 Å². The van der Waals surface area contributed by atoms with Crippen molar-refractivity contribution in [2.75, 3.05) is 7.05 Å². The van der Waals surface area contributed by atoms with Crippen molar-refractivity contribution in [3.05, 3.63) is 29.8 Å². The van der Waals surface area contributed by atoms with Gasteiger partial charge in [-0.15, -0.1) is 0 Å². The van der Waals surface area contributed by atoms with E-state index in [0.29, 0.717) is 12.8 Å². The van der Waals surface area contributed by atoms with E-state index in [0.717, 1.165) is 12.0 Å². The number of benzene rings is 1. The normalized spacial score (nSPS) is 12.9. The van der Waals surface area contributed by atoms with Gasteiger partial charge < -0.3 is 5.32 Å². The molecule has 2 N–H and O–H groups in total. The van der Waals surface area contributed by atoms with Gasteiger partial charge in [-0.3, -0.25) is 4.79 Å². The Morgan fingerprint density at radius 1 is 1.25 bits per heavy atom. The topological polar surface area (TPSA) is 75.3 Å². The monoisotopic (exact) mass is 298 g/mol. The van der Waals surface area contributed by atoms with Gasteiger partial charge in [-0.2, -0.15) is 0 Å². The first kappa shape index (κ1) is 16.7. The molecule has 0 saturated heterocycles. The molecule has 1 aromatic carbocycles. The number of hydrogen-bond acceptors (Lipinski definition) is 3. The standard InChI is InChI=1S/C14H22N2O3S/c1-4-11(2)16-14(17)10-7-12-5-8-13(9-6-12)20(18,19)15-3/h5-6,8-9,11,15H,4,7,10H2,1-3H3,(H,16,17)/t11-/m0/s1. The smallest absolute Gasteiger partial charge is 0.240 e. The molecule has 0 spiro atoms. The average molecular weight is 298 g/mol. The van der Waals surface area contributed by atoms with Crippen molar-refractivity contribution in [2.24, 2.45) is 0 Å². The Labute approximate surface area is 120 Å². The number of sulfonamides is 1. The lowest BCUT2D eigenvalue weighted by Crippen LogP contribution is -2.32. The lowest BCUT2D eigenvalue weighted by atomic mass is 10.1. The number of carbonyl (C=O) groups excluding carboxylic acids is 1. The lowest BCUT2D eigenvalue weighted by Gasteiger charge is -2.11. The lowest BCUT2D eigenvalue weighted by molar-refractivity contribution is -0.121. The summed E-state index contributed by atoms with van der Waals surface area (Å²) in [5.74, 6) is 0.0197. The molecule has 0 unspecified atom stereocenters. The van der Waals surface area contributed by atoms with Crippen LogP contribution in [0.3, 0.4) is 0 Å². The van der Waals surface area contributed by atoms with Gasteiger partial charge in [-0.1, -0.05) is 19.1 Å². The fourth-order valence-corrected chi connectivity index (χ4v) is 2.39. The van der Waals surface area contributed by atoms with Gasteiger partial charge in [0.25, 0.3) is 0 Å². The SMILES string of the molecule is CC[C@H](C)NC(=O)CCc1ccc(S(=O)(=O)NC)cc1. The minimum Gasteiger partial charge on any atom is -0.354 e. The highest BCUT2D eigenvalue weighted by Gasteiger charge is 2.11. The molecule has 6 heteroatoms. The predicted molar refractivity (Wildman–Crippen MR) is 78.9 cm³/mol. The molecular weight excluding hydrogens is 276 g/mol. The fraction of sp³-hybridized carbons (Fsp3) is 0.500. The van der Waals surface area contributed by atoms with E-state index < -0.39 is 10.0 Å². The number of nitrogens with one attached hydrogen (secondary N) is 2. The van der Waals surface area contributed by atoms with Gasteiger partial charge in [0.15, 0.2) is 0 Å². The van der Waals surface area contributed by atoms with E-state index in [4.69, 9.17) is 0 Å². The van der Waals surface area contributed by atoms with E-state index in [2.05, 4.69) is 10.0 Å². The minimum atomic E-state index is -3.39. The van der Waals surface area contributed by atoms with E-state index in [1.807, 2.05) is 13.8 Å². The quantitative estimate of drug-likeness (QED) is 0.800. The molecule has 0 aliphatic rings. The zero-order valence-electron chi connectivity index (χ0n) is 12.1. The van der Waals surface area contributed by atoms with Crippen LogP contribution >= 0.6 is 0 Å². The Balaban J connectivity index is 2.57. The Hall–Kier alpha value is -1.40. The third-order valence-corrected chi connectivity index (χ3v) is 4.59. The molecule has 0 aliphatic heterocycles. The number of hydrogen-bond donors (Lipinski definition) is 2. The molecule has 0 bridgehead atoms. The summed E-state index contributed by atoms with van der Waals surface area (Å²) in [6.07, 6.45) is 1.91. The van der Waals surface area contributed by atoms with Crippen molar-refractivity contribution in [2.45, 2.75) is 44.0 Å². The van der Waals surface area contributed by atoms with E-state index in [1.54, 1.807) is 24.3 Å². The summed E-state index contributed by atoms with van der Waals surface area (Å²) in [6.45, 7) is 3.99. The first-order chi connectivity index (χ1) is 9.39. The Morgan fingerprint density at radius 2 is 1.85 bits per heavy atom. The van der Waals surface area contributed by atoms with Crippen molar-refractivity contribution in [3.63, 3.8) is 0 Å². The van der Waals surface area contributed by atoms with Crippen molar-refractivity contribution < 1.29 is 13.2 Å². The summed E-state index contributed by atoms with van der Waals surface area (Å²) in [5.41, 5.74) is 0.944. The van der Waals surface area contributed by atoms with Gasteiger partial charge in [0.05, 0.1) is 4.90 Å². The number of carbonyl (C=O) groups is 1. The average Bonchev–Trinajstić information content (AvgIpc) is 2.45. The summed E-state index contributed by atoms with van der Waals surface area (Å²) in [6, 6.07) is 6.76. The minimum absolute atomic E-state index is 0.0197. The maximum atomic E-state index is 11.6. The van der Waals surface area contributed by atoms with Crippen molar-refractivity contribution in [1.29, 1.82) is 0 Å². The van der Waals surface area contributed by atoms with Crippen LogP contribution in [0.1, 0.15) is 32.3 Å². The number of aryl methyl sites for hydroxylation is 1. The van der Waals surface area contributed by atoms with E-state index in [1.165, 1.54) is 7.05 Å². The molecule has 1 aromatic rings. The van der Waals surface area contributed by atoms with Crippen LogP contribution in [0.4, 0.5) is 0 Å². The molecule has 0 radical (unpaired) electrons. The van der Waals surface area contributed by atoms with Crippen LogP contribution in [0.2, 0.25) is 0 Å². The van der Waals surface area contributed by atoms with Crippen LogP contribution in [0.15, 0.2) is 29.2 Å². The van der Waals surface area contributed by atoms with E-state index >= 15 is 0 Å². The second-order valence-corrected chi connectivity index (χ2v) is 6.61. The van der Waals surface area contributed by atoms with Gasteiger partial charge in [-0.05, 0) is 44.5 Å². The predicted octanol–water partition coefficient (Wildman–Crippen LogP) is 1.44. The third kappa shape index (κ3) is 4.94. The second-order valence-electron chi connectivity index (χ2n) is 4.73. The molecule has 0 saturated carbocycles. The number of amides is 1. The summed E-state index contributed by atoms with van der Waals surface area (Å²) >= 11 is 0. The van der Waals surface area contributed by atoms with Crippen molar-refractivity contribution in [3.8, 4) is 0 Å². The van der Waals surface area contributed by atoms with Crippen LogP contribution in [0.5, 0.6) is 0 Å². The zero-order chi connectivity index (χ0) is 15.2.